The van der Waals surface area contributed by atoms with Crippen LogP contribution in [0.15, 0.2) is 35.3 Å². The quantitative estimate of drug-likeness (QED) is 0.609. The molecule has 24 heavy (non-hydrogen) atoms. The molecule has 0 bridgehead atoms. The maximum absolute atomic E-state index is 11.9. The van der Waals surface area contributed by atoms with Crippen LogP contribution in [0.5, 0.6) is 0 Å². The van der Waals surface area contributed by atoms with Crippen molar-refractivity contribution in [1.29, 1.82) is 0 Å². The van der Waals surface area contributed by atoms with E-state index < -0.39 is 0 Å². The Balaban J connectivity index is 1.83. The van der Waals surface area contributed by atoms with Gasteiger partial charge in [0.1, 0.15) is 5.69 Å². The Bertz CT molecular complexity index is 671. The molecule has 0 saturated heterocycles. The molecule has 0 aliphatic rings. The number of halogens is 1. The molecule has 0 amide bonds. The van der Waals surface area contributed by atoms with Crippen LogP contribution >= 0.6 is 11.6 Å². The van der Waals surface area contributed by atoms with Crippen LogP contribution in [0.25, 0.3) is 11.4 Å². The van der Waals surface area contributed by atoms with E-state index in [-0.39, 0.29) is 5.56 Å². The van der Waals surface area contributed by atoms with Crippen LogP contribution < -0.4 is 5.56 Å². The number of pyridine rings is 1. The molecule has 2 aromatic heterocycles. The second-order valence-corrected chi connectivity index (χ2v) is 6.10. The Kier molecular flexibility index (Phi) is 7.92. The largest absolute Gasteiger partial charge is 0.380 e. The van der Waals surface area contributed by atoms with E-state index in [9.17, 15) is 4.79 Å². The fourth-order valence-corrected chi connectivity index (χ4v) is 2.45. The zero-order valence-electron chi connectivity index (χ0n) is 14.1. The van der Waals surface area contributed by atoms with Crippen LogP contribution in [0.1, 0.15) is 39.0 Å². The Hall–Kier alpha value is -1.72. The van der Waals surface area contributed by atoms with Gasteiger partial charge in [-0.2, -0.15) is 5.10 Å². The fraction of sp³-hybridized carbons (Fsp3) is 0.500. The van der Waals surface area contributed by atoms with E-state index in [2.05, 4.69) is 17.0 Å². The summed E-state index contributed by atoms with van der Waals surface area (Å²) in [6.07, 6.45) is 7.62. The second-order valence-electron chi connectivity index (χ2n) is 5.67. The lowest BCUT2D eigenvalue weighted by Crippen LogP contribution is -2.24. The summed E-state index contributed by atoms with van der Waals surface area (Å²) in [6, 6.07) is 6.71. The first-order valence-corrected chi connectivity index (χ1v) is 8.86. The van der Waals surface area contributed by atoms with Crippen molar-refractivity contribution in [3.05, 3.63) is 45.8 Å². The van der Waals surface area contributed by atoms with Crippen molar-refractivity contribution in [2.24, 2.45) is 0 Å². The summed E-state index contributed by atoms with van der Waals surface area (Å²) < 4.78 is 7.02. The summed E-state index contributed by atoms with van der Waals surface area (Å²) in [6.45, 7) is 3.86. The molecule has 6 heteroatoms. The monoisotopic (exact) mass is 349 g/mol. The molecule has 0 aromatic carbocycles. The van der Waals surface area contributed by atoms with E-state index in [1.54, 1.807) is 24.4 Å². The molecule has 0 N–H and O–H groups in total. The van der Waals surface area contributed by atoms with Gasteiger partial charge in [0.05, 0.1) is 23.9 Å². The number of ether oxygens (including phenoxy) is 1. The van der Waals surface area contributed by atoms with E-state index >= 15 is 0 Å². The van der Waals surface area contributed by atoms with Crippen molar-refractivity contribution < 1.29 is 4.74 Å². The van der Waals surface area contributed by atoms with Crippen LogP contribution in [0, 0.1) is 0 Å². The minimum Gasteiger partial charge on any atom is -0.380 e. The van der Waals surface area contributed by atoms with Crippen LogP contribution in [0.2, 0.25) is 5.02 Å². The zero-order chi connectivity index (χ0) is 17.2. The van der Waals surface area contributed by atoms with Crippen molar-refractivity contribution in [3.8, 4) is 11.4 Å². The number of rotatable bonds is 10. The van der Waals surface area contributed by atoms with Gasteiger partial charge in [-0.1, -0.05) is 44.2 Å². The molecule has 2 heterocycles. The second kappa shape index (κ2) is 10.2. The van der Waals surface area contributed by atoms with Gasteiger partial charge in [0.2, 0.25) is 0 Å². The number of hydrogen-bond donors (Lipinski definition) is 0. The van der Waals surface area contributed by atoms with Crippen molar-refractivity contribution in [2.75, 3.05) is 13.2 Å². The maximum Gasteiger partial charge on any atom is 0.266 e. The highest BCUT2D eigenvalue weighted by atomic mass is 35.5. The molecule has 0 spiro atoms. The summed E-state index contributed by atoms with van der Waals surface area (Å²) in [5.41, 5.74) is 1.19. The molecule has 0 atom stereocenters. The average Bonchev–Trinajstić information content (AvgIpc) is 2.59. The Morgan fingerprint density at radius 2 is 1.83 bits per heavy atom. The predicted octanol–water partition coefficient (Wildman–Crippen LogP) is 3.95. The van der Waals surface area contributed by atoms with E-state index in [4.69, 9.17) is 16.3 Å². The molecule has 0 aliphatic heterocycles. The molecule has 5 nitrogen and oxygen atoms in total. The van der Waals surface area contributed by atoms with Gasteiger partial charge in [-0.25, -0.2) is 4.68 Å². The SMILES string of the molecule is CCCCCCCOCCn1nc(-c2ccc(Cl)cn2)ccc1=O. The van der Waals surface area contributed by atoms with Gasteiger partial charge in [-0.3, -0.25) is 9.78 Å². The number of nitrogens with zero attached hydrogens (tertiary/aromatic N) is 3. The predicted molar refractivity (Wildman–Crippen MR) is 96.3 cm³/mol. The topological polar surface area (TPSA) is 57.0 Å². The first-order valence-electron chi connectivity index (χ1n) is 8.48. The number of hydrogen-bond acceptors (Lipinski definition) is 4. The lowest BCUT2D eigenvalue weighted by molar-refractivity contribution is 0.119. The zero-order valence-corrected chi connectivity index (χ0v) is 14.8. The molecule has 0 radical (unpaired) electrons. The summed E-state index contributed by atoms with van der Waals surface area (Å²) in [5.74, 6) is 0. The Morgan fingerprint density at radius 1 is 1.04 bits per heavy atom. The third kappa shape index (κ3) is 6.06. The van der Waals surface area contributed by atoms with Gasteiger partial charge in [0, 0.05) is 18.9 Å². The van der Waals surface area contributed by atoms with Gasteiger partial charge in [0.15, 0.2) is 0 Å². The van der Waals surface area contributed by atoms with Crippen molar-refractivity contribution in [2.45, 2.75) is 45.6 Å². The maximum atomic E-state index is 11.9. The van der Waals surface area contributed by atoms with Crippen LogP contribution in [-0.2, 0) is 11.3 Å². The molecular formula is C18H24ClN3O2. The minimum absolute atomic E-state index is 0.140. The molecule has 0 unspecified atom stereocenters. The smallest absolute Gasteiger partial charge is 0.266 e. The third-order valence-electron chi connectivity index (χ3n) is 3.70. The first-order chi connectivity index (χ1) is 11.7. The van der Waals surface area contributed by atoms with Crippen molar-refractivity contribution in [3.63, 3.8) is 0 Å². The summed E-state index contributed by atoms with van der Waals surface area (Å²) in [5, 5.41) is 4.92. The van der Waals surface area contributed by atoms with Crippen molar-refractivity contribution in [1.82, 2.24) is 14.8 Å². The van der Waals surface area contributed by atoms with Gasteiger partial charge in [-0.05, 0) is 24.6 Å². The number of aromatic nitrogens is 3. The van der Waals surface area contributed by atoms with E-state index in [1.807, 2.05) is 0 Å². The molecule has 2 rings (SSSR count). The van der Waals surface area contributed by atoms with Gasteiger partial charge < -0.3 is 4.74 Å². The summed E-state index contributed by atoms with van der Waals surface area (Å²) >= 11 is 5.84. The average molecular weight is 350 g/mol. The molecule has 0 saturated carbocycles. The van der Waals surface area contributed by atoms with Gasteiger partial charge >= 0.3 is 0 Å². The molecule has 0 fully saturated rings. The lowest BCUT2D eigenvalue weighted by atomic mass is 10.2. The molecule has 0 aliphatic carbocycles. The standard InChI is InChI=1S/C18H24ClN3O2/c1-2-3-4-5-6-12-24-13-11-22-18(23)10-9-17(21-22)16-8-7-15(19)14-20-16/h7-10,14H,2-6,11-13H2,1H3. The number of unbranched alkanes of at least 4 members (excludes halogenated alkanes) is 4. The first kappa shape index (κ1) is 18.6. The van der Waals surface area contributed by atoms with Crippen molar-refractivity contribution >= 4 is 11.6 Å². The summed E-state index contributed by atoms with van der Waals surface area (Å²) in [7, 11) is 0. The highest BCUT2D eigenvalue weighted by Gasteiger charge is 2.05. The van der Waals surface area contributed by atoms with Crippen LogP contribution in [0.4, 0.5) is 0 Å². The molecular weight excluding hydrogens is 326 g/mol. The highest BCUT2D eigenvalue weighted by molar-refractivity contribution is 6.30. The van der Waals surface area contributed by atoms with E-state index in [0.717, 1.165) is 13.0 Å². The molecule has 2 aromatic rings. The highest BCUT2D eigenvalue weighted by Crippen LogP contribution is 2.14. The van der Waals surface area contributed by atoms with Gasteiger partial charge in [0.25, 0.3) is 5.56 Å². The molecule has 130 valence electrons. The van der Waals surface area contributed by atoms with Crippen LogP contribution in [-0.4, -0.2) is 28.0 Å². The minimum atomic E-state index is -0.140. The van der Waals surface area contributed by atoms with Crippen LogP contribution in [0.3, 0.4) is 0 Å². The normalized spacial score (nSPS) is 10.9. The fourth-order valence-electron chi connectivity index (χ4n) is 2.33. The van der Waals surface area contributed by atoms with E-state index in [0.29, 0.717) is 29.6 Å². The lowest BCUT2D eigenvalue weighted by Gasteiger charge is -2.08. The third-order valence-corrected chi connectivity index (χ3v) is 3.92. The summed E-state index contributed by atoms with van der Waals surface area (Å²) in [4.78, 5) is 16.1. The van der Waals surface area contributed by atoms with Gasteiger partial charge in [-0.15, -0.1) is 0 Å². The Labute approximate surface area is 147 Å². The Morgan fingerprint density at radius 3 is 2.58 bits per heavy atom. The van der Waals surface area contributed by atoms with E-state index in [1.165, 1.54) is 36.4 Å².